The van der Waals surface area contributed by atoms with E-state index in [1.807, 2.05) is 43.3 Å². The Morgan fingerprint density at radius 1 is 1.32 bits per heavy atom. The molecule has 0 bridgehead atoms. The topological polar surface area (TPSA) is 54.6 Å². The lowest BCUT2D eigenvalue weighted by molar-refractivity contribution is 0.173. The van der Waals surface area contributed by atoms with Crippen molar-refractivity contribution < 1.29 is 14.3 Å². The number of methoxy groups -OCH3 is 1. The lowest BCUT2D eigenvalue weighted by atomic mass is 10.1. The van der Waals surface area contributed by atoms with E-state index in [2.05, 4.69) is 5.32 Å². The lowest BCUT2D eigenvalue weighted by Crippen LogP contribution is -2.20. The predicted molar refractivity (Wildman–Crippen MR) is 73.1 cm³/mol. The minimum atomic E-state index is -0.564. The number of aryl methyl sites for hydroxylation is 1. The van der Waals surface area contributed by atoms with Gasteiger partial charge >= 0.3 is 0 Å². The third-order valence-corrected chi connectivity index (χ3v) is 2.91. The van der Waals surface area contributed by atoms with E-state index < -0.39 is 6.10 Å². The van der Waals surface area contributed by atoms with E-state index in [1.54, 1.807) is 7.11 Å². The highest BCUT2D eigenvalue weighted by atomic mass is 16.5. The summed E-state index contributed by atoms with van der Waals surface area (Å²) in [5.41, 5.74) is 0.836. The van der Waals surface area contributed by atoms with Gasteiger partial charge in [0, 0.05) is 6.54 Å². The number of nitrogens with one attached hydrogen (secondary N) is 1. The average molecular weight is 261 g/mol. The Hall–Kier alpha value is -1.78. The van der Waals surface area contributed by atoms with Gasteiger partial charge in [0.05, 0.1) is 19.8 Å². The maximum Gasteiger partial charge on any atom is 0.119 e. The van der Waals surface area contributed by atoms with Gasteiger partial charge in [-0.25, -0.2) is 0 Å². The molecule has 0 aliphatic carbocycles. The van der Waals surface area contributed by atoms with Crippen LogP contribution in [0.2, 0.25) is 0 Å². The highest BCUT2D eigenvalue weighted by Gasteiger charge is 2.08. The van der Waals surface area contributed by atoms with Crippen LogP contribution < -0.4 is 10.1 Å². The summed E-state index contributed by atoms with van der Waals surface area (Å²) in [5, 5.41) is 13.2. The number of furan rings is 1. The molecule has 19 heavy (non-hydrogen) atoms. The van der Waals surface area contributed by atoms with Gasteiger partial charge in [0.2, 0.25) is 0 Å². The Balaban J connectivity index is 1.85. The first-order valence-corrected chi connectivity index (χ1v) is 6.27. The van der Waals surface area contributed by atoms with Crippen molar-refractivity contribution in [3.8, 4) is 5.75 Å². The molecule has 2 rings (SSSR count). The molecule has 4 nitrogen and oxygen atoms in total. The Labute approximate surface area is 113 Å². The molecule has 0 saturated heterocycles. The van der Waals surface area contributed by atoms with Crippen LogP contribution in [-0.4, -0.2) is 18.8 Å². The van der Waals surface area contributed by atoms with Gasteiger partial charge in [0.25, 0.3) is 0 Å². The van der Waals surface area contributed by atoms with Crippen molar-refractivity contribution in [2.45, 2.75) is 19.6 Å². The zero-order chi connectivity index (χ0) is 13.7. The Bertz CT molecular complexity index is 522. The van der Waals surface area contributed by atoms with Gasteiger partial charge < -0.3 is 19.6 Å². The summed E-state index contributed by atoms with van der Waals surface area (Å²) in [6, 6.07) is 11.3. The van der Waals surface area contributed by atoms with Gasteiger partial charge in [-0.05, 0) is 36.8 Å². The Morgan fingerprint density at radius 3 is 2.84 bits per heavy atom. The van der Waals surface area contributed by atoms with Crippen LogP contribution >= 0.6 is 0 Å². The predicted octanol–water partition coefficient (Wildman–Crippen LogP) is 2.42. The molecule has 102 valence electrons. The van der Waals surface area contributed by atoms with E-state index in [9.17, 15) is 5.11 Å². The molecule has 0 amide bonds. The molecule has 2 aromatic rings. The normalized spacial score (nSPS) is 12.4. The Morgan fingerprint density at radius 2 is 2.16 bits per heavy atom. The van der Waals surface area contributed by atoms with Gasteiger partial charge in [-0.2, -0.15) is 0 Å². The second-order valence-electron chi connectivity index (χ2n) is 4.44. The smallest absolute Gasteiger partial charge is 0.119 e. The summed E-state index contributed by atoms with van der Waals surface area (Å²) in [5.74, 6) is 2.51. The van der Waals surface area contributed by atoms with E-state index in [0.29, 0.717) is 13.1 Å². The molecule has 1 unspecified atom stereocenters. The summed E-state index contributed by atoms with van der Waals surface area (Å²) in [6.07, 6.45) is -0.564. The SMILES string of the molecule is COc1cccc(C(O)CNCc2ccc(C)o2)c1. The third kappa shape index (κ3) is 3.84. The van der Waals surface area contributed by atoms with Gasteiger partial charge in [-0.1, -0.05) is 12.1 Å². The number of hydrogen-bond acceptors (Lipinski definition) is 4. The number of rotatable bonds is 6. The van der Waals surface area contributed by atoms with E-state index in [-0.39, 0.29) is 0 Å². The maximum atomic E-state index is 10.1. The standard InChI is InChI=1S/C15H19NO3/c1-11-6-7-14(19-11)9-16-10-15(17)12-4-3-5-13(8-12)18-2/h3-8,15-17H,9-10H2,1-2H3. The molecular formula is C15H19NO3. The van der Waals surface area contributed by atoms with Gasteiger partial charge in [0.15, 0.2) is 0 Å². The van der Waals surface area contributed by atoms with Crippen LogP contribution in [0.15, 0.2) is 40.8 Å². The van der Waals surface area contributed by atoms with Crippen molar-refractivity contribution in [2.75, 3.05) is 13.7 Å². The number of aliphatic hydroxyl groups is 1. The van der Waals surface area contributed by atoms with E-state index in [1.165, 1.54) is 0 Å². The van der Waals surface area contributed by atoms with Crippen LogP contribution in [0.3, 0.4) is 0 Å². The fourth-order valence-corrected chi connectivity index (χ4v) is 1.88. The molecule has 4 heteroatoms. The second-order valence-corrected chi connectivity index (χ2v) is 4.44. The number of ether oxygens (including phenoxy) is 1. The van der Waals surface area contributed by atoms with E-state index in [0.717, 1.165) is 22.8 Å². The molecule has 0 spiro atoms. The van der Waals surface area contributed by atoms with Crippen molar-refractivity contribution in [3.05, 3.63) is 53.5 Å². The maximum absolute atomic E-state index is 10.1. The first kappa shape index (κ1) is 13.6. The van der Waals surface area contributed by atoms with Crippen molar-refractivity contribution in [1.82, 2.24) is 5.32 Å². The molecule has 0 fully saturated rings. The van der Waals surface area contributed by atoms with Crippen LogP contribution in [0, 0.1) is 6.92 Å². The van der Waals surface area contributed by atoms with Crippen molar-refractivity contribution in [1.29, 1.82) is 0 Å². The number of aliphatic hydroxyl groups excluding tert-OH is 1. The van der Waals surface area contributed by atoms with Crippen LogP contribution in [0.1, 0.15) is 23.2 Å². The quantitative estimate of drug-likeness (QED) is 0.838. The molecule has 0 aliphatic heterocycles. The molecule has 1 heterocycles. The summed E-state index contributed by atoms with van der Waals surface area (Å²) >= 11 is 0. The monoisotopic (exact) mass is 261 g/mol. The van der Waals surface area contributed by atoms with Gasteiger partial charge in [-0.15, -0.1) is 0 Å². The summed E-state index contributed by atoms with van der Waals surface area (Å²) in [6.45, 7) is 2.98. The molecule has 1 aromatic carbocycles. The number of benzene rings is 1. The molecule has 2 N–H and O–H groups in total. The van der Waals surface area contributed by atoms with Crippen molar-refractivity contribution >= 4 is 0 Å². The molecule has 0 saturated carbocycles. The Kier molecular flexibility index (Phi) is 4.60. The number of hydrogen-bond donors (Lipinski definition) is 2. The zero-order valence-electron chi connectivity index (χ0n) is 11.2. The fraction of sp³-hybridized carbons (Fsp3) is 0.333. The fourth-order valence-electron chi connectivity index (χ4n) is 1.88. The highest BCUT2D eigenvalue weighted by molar-refractivity contribution is 5.29. The molecule has 1 atom stereocenters. The largest absolute Gasteiger partial charge is 0.497 e. The van der Waals surface area contributed by atoms with Gasteiger partial charge in [0.1, 0.15) is 17.3 Å². The molecule has 0 radical (unpaired) electrons. The first-order valence-electron chi connectivity index (χ1n) is 6.27. The summed E-state index contributed by atoms with van der Waals surface area (Å²) in [4.78, 5) is 0. The minimum absolute atomic E-state index is 0.465. The molecular weight excluding hydrogens is 242 g/mol. The lowest BCUT2D eigenvalue weighted by Gasteiger charge is -2.12. The second kappa shape index (κ2) is 6.41. The van der Waals surface area contributed by atoms with Gasteiger partial charge in [-0.3, -0.25) is 0 Å². The molecule has 1 aromatic heterocycles. The highest BCUT2D eigenvalue weighted by Crippen LogP contribution is 2.18. The zero-order valence-corrected chi connectivity index (χ0v) is 11.2. The molecule has 0 aliphatic rings. The van der Waals surface area contributed by atoms with Crippen molar-refractivity contribution in [2.24, 2.45) is 0 Å². The van der Waals surface area contributed by atoms with E-state index >= 15 is 0 Å². The van der Waals surface area contributed by atoms with Crippen LogP contribution in [0.4, 0.5) is 0 Å². The average Bonchev–Trinajstić information content (AvgIpc) is 2.84. The van der Waals surface area contributed by atoms with Crippen LogP contribution in [0.5, 0.6) is 5.75 Å². The third-order valence-electron chi connectivity index (χ3n) is 2.91. The van der Waals surface area contributed by atoms with Crippen LogP contribution in [-0.2, 0) is 6.54 Å². The first-order chi connectivity index (χ1) is 9.19. The van der Waals surface area contributed by atoms with Crippen molar-refractivity contribution in [3.63, 3.8) is 0 Å². The minimum Gasteiger partial charge on any atom is -0.497 e. The van der Waals surface area contributed by atoms with Crippen LogP contribution in [0.25, 0.3) is 0 Å². The summed E-state index contributed by atoms with van der Waals surface area (Å²) < 4.78 is 10.6. The summed E-state index contributed by atoms with van der Waals surface area (Å²) in [7, 11) is 1.61. The van der Waals surface area contributed by atoms with E-state index in [4.69, 9.17) is 9.15 Å².